The van der Waals surface area contributed by atoms with E-state index in [1.807, 2.05) is 13.0 Å². The quantitative estimate of drug-likeness (QED) is 0.652. The summed E-state index contributed by atoms with van der Waals surface area (Å²) in [4.78, 5) is 8.79. The summed E-state index contributed by atoms with van der Waals surface area (Å²) in [6.45, 7) is 1.82. The molecule has 0 aliphatic rings. The van der Waals surface area contributed by atoms with Crippen molar-refractivity contribution in [3.63, 3.8) is 0 Å². The van der Waals surface area contributed by atoms with Crippen LogP contribution in [0.4, 0.5) is 4.39 Å². The van der Waals surface area contributed by atoms with E-state index in [1.165, 1.54) is 12.1 Å². The average Bonchev–Trinajstić information content (AvgIpc) is 2.81. The molecule has 102 valence electrons. The summed E-state index contributed by atoms with van der Waals surface area (Å²) in [6.07, 6.45) is 1.67. The number of halogens is 3. The van der Waals surface area contributed by atoms with Gasteiger partial charge in [-0.25, -0.2) is 14.4 Å². The van der Waals surface area contributed by atoms with Crippen LogP contribution >= 0.6 is 23.2 Å². The van der Waals surface area contributed by atoms with E-state index in [1.54, 1.807) is 22.9 Å². The van der Waals surface area contributed by atoms with Gasteiger partial charge in [-0.05, 0) is 37.3 Å². The zero-order valence-corrected chi connectivity index (χ0v) is 12.0. The maximum Gasteiger partial charge on any atom is 0.164 e. The average molecular weight is 310 g/mol. The molecule has 0 aliphatic heterocycles. The molecule has 1 unspecified atom stereocenters. The summed E-state index contributed by atoms with van der Waals surface area (Å²) in [5, 5.41) is -0.263. The number of alkyl halides is 1. The molecule has 0 amide bonds. The third-order valence-electron chi connectivity index (χ3n) is 2.96. The molecule has 0 saturated heterocycles. The number of pyridine rings is 1. The summed E-state index contributed by atoms with van der Waals surface area (Å²) in [6, 6.07) is 8.14. The minimum Gasteiger partial charge on any atom is -0.279 e. The summed E-state index contributed by atoms with van der Waals surface area (Å²) in [7, 11) is 0. The van der Waals surface area contributed by atoms with E-state index in [-0.39, 0.29) is 10.4 Å². The molecular formula is C14H10Cl2FN3. The lowest BCUT2D eigenvalue weighted by Crippen LogP contribution is -2.03. The Hall–Kier alpha value is -1.65. The van der Waals surface area contributed by atoms with Crippen molar-refractivity contribution in [2.45, 2.75) is 12.3 Å². The van der Waals surface area contributed by atoms with E-state index in [9.17, 15) is 4.39 Å². The smallest absolute Gasteiger partial charge is 0.164 e. The van der Waals surface area contributed by atoms with Gasteiger partial charge in [0.25, 0.3) is 0 Å². The first-order valence-corrected chi connectivity index (χ1v) is 6.82. The number of hydrogen-bond acceptors (Lipinski definition) is 2. The van der Waals surface area contributed by atoms with Crippen LogP contribution in [0.5, 0.6) is 0 Å². The Balaban J connectivity index is 2.33. The summed E-state index contributed by atoms with van der Waals surface area (Å²) >= 11 is 12.0. The Morgan fingerprint density at radius 2 is 2.10 bits per heavy atom. The Bertz CT molecular complexity index is 783. The standard InChI is InChI=1S/C14H10Cl2FN3/c1-8(15)13-19-12-3-2-6-18-14(12)20(13)9-4-5-11(17)10(16)7-9/h2-8H,1H3. The Morgan fingerprint density at radius 3 is 2.80 bits per heavy atom. The van der Waals surface area contributed by atoms with Crippen molar-refractivity contribution >= 4 is 34.4 Å². The lowest BCUT2D eigenvalue weighted by atomic mass is 10.3. The fourth-order valence-corrected chi connectivity index (χ4v) is 2.40. The first kappa shape index (κ1) is 13.3. The van der Waals surface area contributed by atoms with Gasteiger partial charge in [0.1, 0.15) is 17.2 Å². The van der Waals surface area contributed by atoms with Crippen LogP contribution < -0.4 is 0 Å². The van der Waals surface area contributed by atoms with Gasteiger partial charge < -0.3 is 0 Å². The van der Waals surface area contributed by atoms with Gasteiger partial charge in [0.15, 0.2) is 5.65 Å². The zero-order chi connectivity index (χ0) is 14.3. The highest BCUT2D eigenvalue weighted by molar-refractivity contribution is 6.30. The largest absolute Gasteiger partial charge is 0.279 e. The van der Waals surface area contributed by atoms with Crippen LogP contribution in [0.2, 0.25) is 5.02 Å². The van der Waals surface area contributed by atoms with Crippen LogP contribution in [0, 0.1) is 5.82 Å². The highest BCUT2D eigenvalue weighted by Gasteiger charge is 2.17. The first-order valence-electron chi connectivity index (χ1n) is 6.01. The molecule has 3 nitrogen and oxygen atoms in total. The maximum atomic E-state index is 13.3. The Labute approximate surface area is 125 Å². The molecule has 0 spiro atoms. The number of hydrogen-bond donors (Lipinski definition) is 0. The zero-order valence-electron chi connectivity index (χ0n) is 10.5. The normalized spacial score (nSPS) is 12.8. The number of aromatic nitrogens is 3. The van der Waals surface area contributed by atoms with Crippen LogP contribution in [-0.2, 0) is 0 Å². The fourth-order valence-electron chi connectivity index (χ4n) is 2.08. The number of benzene rings is 1. The van der Waals surface area contributed by atoms with Crippen molar-refractivity contribution < 1.29 is 4.39 Å². The van der Waals surface area contributed by atoms with Crippen LogP contribution in [-0.4, -0.2) is 14.5 Å². The van der Waals surface area contributed by atoms with Crippen molar-refractivity contribution in [3.05, 3.63) is 53.2 Å². The topological polar surface area (TPSA) is 30.7 Å². The fraction of sp³-hybridized carbons (Fsp3) is 0.143. The second kappa shape index (κ2) is 5.04. The minimum atomic E-state index is -0.465. The van der Waals surface area contributed by atoms with Gasteiger partial charge in [0.05, 0.1) is 16.1 Å². The molecule has 0 fully saturated rings. The molecule has 0 aliphatic carbocycles. The van der Waals surface area contributed by atoms with Gasteiger partial charge in [-0.15, -0.1) is 11.6 Å². The highest BCUT2D eigenvalue weighted by Crippen LogP contribution is 2.28. The Kier molecular flexibility index (Phi) is 3.36. The van der Waals surface area contributed by atoms with Gasteiger partial charge in [-0.2, -0.15) is 0 Å². The van der Waals surface area contributed by atoms with E-state index in [0.29, 0.717) is 17.2 Å². The number of nitrogens with zero attached hydrogens (tertiary/aromatic N) is 3. The summed E-state index contributed by atoms with van der Waals surface area (Å²) in [5.74, 6) is 0.177. The lowest BCUT2D eigenvalue weighted by Gasteiger charge is -2.10. The van der Waals surface area contributed by atoms with E-state index in [0.717, 1.165) is 5.52 Å². The second-order valence-electron chi connectivity index (χ2n) is 4.37. The lowest BCUT2D eigenvalue weighted by molar-refractivity contribution is 0.627. The predicted molar refractivity (Wildman–Crippen MR) is 78.1 cm³/mol. The molecule has 1 atom stereocenters. The molecule has 2 heterocycles. The molecule has 0 radical (unpaired) electrons. The van der Waals surface area contributed by atoms with Gasteiger partial charge >= 0.3 is 0 Å². The van der Waals surface area contributed by atoms with Crippen LogP contribution in [0.15, 0.2) is 36.5 Å². The Morgan fingerprint density at radius 1 is 1.30 bits per heavy atom. The van der Waals surface area contributed by atoms with Crippen LogP contribution in [0.25, 0.3) is 16.9 Å². The molecular weight excluding hydrogens is 300 g/mol. The van der Waals surface area contributed by atoms with Crippen molar-refractivity contribution in [1.82, 2.24) is 14.5 Å². The van der Waals surface area contributed by atoms with Crippen molar-refractivity contribution in [2.75, 3.05) is 0 Å². The first-order chi connectivity index (χ1) is 9.58. The van der Waals surface area contributed by atoms with Gasteiger partial charge in [-0.1, -0.05) is 11.6 Å². The van der Waals surface area contributed by atoms with Crippen molar-refractivity contribution in [2.24, 2.45) is 0 Å². The third-order valence-corrected chi connectivity index (χ3v) is 3.44. The van der Waals surface area contributed by atoms with E-state index >= 15 is 0 Å². The highest BCUT2D eigenvalue weighted by atomic mass is 35.5. The van der Waals surface area contributed by atoms with Crippen LogP contribution in [0.1, 0.15) is 18.1 Å². The van der Waals surface area contributed by atoms with Crippen LogP contribution in [0.3, 0.4) is 0 Å². The molecule has 0 N–H and O–H groups in total. The number of fused-ring (bicyclic) bond motifs is 1. The molecule has 3 aromatic rings. The second-order valence-corrected chi connectivity index (χ2v) is 5.43. The van der Waals surface area contributed by atoms with Gasteiger partial charge in [-0.3, -0.25) is 4.57 Å². The van der Waals surface area contributed by atoms with Gasteiger partial charge in [0, 0.05) is 6.20 Å². The summed E-state index contributed by atoms with van der Waals surface area (Å²) in [5.41, 5.74) is 2.08. The molecule has 1 aromatic carbocycles. The maximum absolute atomic E-state index is 13.3. The molecule has 20 heavy (non-hydrogen) atoms. The van der Waals surface area contributed by atoms with Crippen molar-refractivity contribution in [3.8, 4) is 5.69 Å². The molecule has 6 heteroatoms. The van der Waals surface area contributed by atoms with E-state index in [2.05, 4.69) is 9.97 Å². The SMILES string of the molecule is CC(Cl)c1nc2cccnc2n1-c1ccc(F)c(Cl)c1. The summed E-state index contributed by atoms with van der Waals surface area (Å²) < 4.78 is 15.1. The number of imidazole rings is 1. The molecule has 0 saturated carbocycles. The number of rotatable bonds is 2. The molecule has 2 aromatic heterocycles. The van der Waals surface area contributed by atoms with E-state index in [4.69, 9.17) is 23.2 Å². The molecule has 3 rings (SSSR count). The third kappa shape index (κ3) is 2.15. The predicted octanol–water partition coefficient (Wildman–Crippen LogP) is 4.51. The van der Waals surface area contributed by atoms with Crippen molar-refractivity contribution in [1.29, 1.82) is 0 Å². The molecule has 0 bridgehead atoms. The van der Waals surface area contributed by atoms with Gasteiger partial charge in [0.2, 0.25) is 0 Å². The minimum absolute atomic E-state index is 0.0495. The van der Waals surface area contributed by atoms with E-state index < -0.39 is 5.82 Å². The monoisotopic (exact) mass is 309 g/mol.